The molecule has 0 saturated heterocycles. The predicted molar refractivity (Wildman–Crippen MR) is 75.8 cm³/mol. The van der Waals surface area contributed by atoms with Crippen molar-refractivity contribution in [1.29, 1.82) is 0 Å². The van der Waals surface area contributed by atoms with Gasteiger partial charge in [-0.3, -0.25) is 14.6 Å². The van der Waals surface area contributed by atoms with Gasteiger partial charge in [0.2, 0.25) is 5.78 Å². The molecule has 0 fully saturated rings. The third kappa shape index (κ3) is 3.15. The molecule has 3 rings (SSSR count). The van der Waals surface area contributed by atoms with Gasteiger partial charge < -0.3 is 23.2 Å². The number of aromatic nitrogens is 2. The van der Waals surface area contributed by atoms with Crippen molar-refractivity contribution < 1.29 is 101 Å². The van der Waals surface area contributed by atoms with E-state index in [-0.39, 0.29) is 73.2 Å². The summed E-state index contributed by atoms with van der Waals surface area (Å²) in [7, 11) is 0. The summed E-state index contributed by atoms with van der Waals surface area (Å²) in [5.41, 5.74) is -4.01. The van der Waals surface area contributed by atoms with Gasteiger partial charge in [0.25, 0.3) is 5.78 Å². The molecule has 0 radical (unpaired) electrons. The molecule has 4 N–H and O–H groups in total. The molecule has 0 aromatic carbocycles. The molecule has 0 saturated carbocycles. The van der Waals surface area contributed by atoms with E-state index in [4.69, 9.17) is 5.11 Å². The van der Waals surface area contributed by atoms with Gasteiger partial charge in [0.15, 0.2) is 0 Å². The number of rotatable bonds is 3. The van der Waals surface area contributed by atoms with Crippen LogP contribution in [0.3, 0.4) is 0 Å². The van der Waals surface area contributed by atoms with Gasteiger partial charge in [-0.1, -0.05) is 0 Å². The number of Topliss-reactive ketones (excluding diaryl/α,β-unsaturated/α-hetero) is 2. The van der Waals surface area contributed by atoms with Crippen molar-refractivity contribution in [1.82, 2.24) is 9.97 Å². The fourth-order valence-corrected chi connectivity index (χ4v) is 2.58. The fraction of sp³-hybridized carbons (Fsp3) is 0. The molecule has 0 spiro atoms. The van der Waals surface area contributed by atoms with Crippen LogP contribution in [0, 0.1) is 0 Å². The SMILES string of the molecule is O=C(O)c1ccnc2c1-c1[nH]c(C(=O)O)c(C(=O)O)c1C(=O)C2=O.[H-].[H-].[Na+].[Na+]. The Morgan fingerprint density at radius 2 is 1.54 bits per heavy atom. The van der Waals surface area contributed by atoms with E-state index >= 15 is 0 Å². The third-order valence-corrected chi connectivity index (χ3v) is 3.51. The zero-order valence-electron chi connectivity index (χ0n) is 15.5. The molecule has 124 valence electrons. The topological polar surface area (TPSA) is 175 Å². The number of fused-ring (bicyclic) bond motifs is 3. The molecule has 12 heteroatoms. The standard InChI is InChI=1S/C14H6N2O8.2Na.2H/c17-10-5-6(13(21)22)9(14(23)24)16-7(5)4-3(12(19)20)1-2-15-8(4)11(10)18;;;;/h1-2,16H,(H,19,20)(H,21,22)(H,23,24);;;;/q;2*+1;2*-1. The first-order valence-electron chi connectivity index (χ1n) is 6.30. The second-order valence-corrected chi connectivity index (χ2v) is 4.78. The minimum Gasteiger partial charge on any atom is -1.00 e. The summed E-state index contributed by atoms with van der Waals surface area (Å²) in [5.74, 6) is -7.35. The van der Waals surface area contributed by atoms with E-state index in [0.717, 1.165) is 12.3 Å². The molecule has 0 bridgehead atoms. The smallest absolute Gasteiger partial charge is 1.00 e. The van der Waals surface area contributed by atoms with Crippen molar-refractivity contribution in [2.45, 2.75) is 0 Å². The number of carbonyl (C=O) groups excluding carboxylic acids is 2. The maximum absolute atomic E-state index is 12.2. The van der Waals surface area contributed by atoms with Crippen LogP contribution in [-0.2, 0) is 0 Å². The number of carbonyl (C=O) groups is 5. The van der Waals surface area contributed by atoms with Crippen molar-refractivity contribution in [3.05, 3.63) is 40.3 Å². The van der Waals surface area contributed by atoms with Crippen molar-refractivity contribution >= 4 is 29.5 Å². The van der Waals surface area contributed by atoms with Gasteiger partial charge in [-0.05, 0) is 6.07 Å². The Hall–Kier alpha value is -1.82. The molecule has 1 aliphatic rings. The third-order valence-electron chi connectivity index (χ3n) is 3.51. The number of nitrogens with zero attached hydrogens (tertiary/aromatic N) is 1. The molecule has 0 amide bonds. The Morgan fingerprint density at radius 1 is 0.923 bits per heavy atom. The average Bonchev–Trinajstić information content (AvgIpc) is 2.92. The predicted octanol–water partition coefficient (Wildman–Crippen LogP) is -5.22. The number of hydrogen-bond acceptors (Lipinski definition) is 6. The molecule has 10 nitrogen and oxygen atoms in total. The maximum Gasteiger partial charge on any atom is 1.00 e. The first-order valence-corrected chi connectivity index (χ1v) is 6.30. The normalized spacial score (nSPS) is 11.5. The second kappa shape index (κ2) is 7.82. The monoisotopic (exact) mass is 378 g/mol. The summed E-state index contributed by atoms with van der Waals surface area (Å²) in [6.07, 6.45) is 1.01. The number of aromatic carboxylic acids is 3. The van der Waals surface area contributed by atoms with Crippen molar-refractivity contribution in [2.24, 2.45) is 0 Å². The van der Waals surface area contributed by atoms with Gasteiger partial charge in [0.1, 0.15) is 17.0 Å². The number of H-pyrrole nitrogens is 1. The van der Waals surface area contributed by atoms with Crippen molar-refractivity contribution in [3.63, 3.8) is 0 Å². The molecule has 26 heavy (non-hydrogen) atoms. The van der Waals surface area contributed by atoms with Crippen LogP contribution in [0.25, 0.3) is 11.3 Å². The molecule has 2 heterocycles. The van der Waals surface area contributed by atoms with Crippen LogP contribution >= 0.6 is 0 Å². The first-order chi connectivity index (χ1) is 11.3. The number of carboxylic acids is 3. The first kappa shape index (κ1) is 22.2. The molecule has 2 aromatic heterocycles. The van der Waals surface area contributed by atoms with E-state index in [9.17, 15) is 34.2 Å². The van der Waals surface area contributed by atoms with Crippen LogP contribution in [0.2, 0.25) is 0 Å². The number of pyridine rings is 1. The van der Waals surface area contributed by atoms with Crippen LogP contribution in [0.1, 0.15) is 54.9 Å². The van der Waals surface area contributed by atoms with Gasteiger partial charge in [-0.15, -0.1) is 0 Å². The quantitative estimate of drug-likeness (QED) is 0.300. The molecule has 0 aliphatic heterocycles. The summed E-state index contributed by atoms with van der Waals surface area (Å²) in [5, 5.41) is 27.6. The van der Waals surface area contributed by atoms with Crippen molar-refractivity contribution in [2.75, 3.05) is 0 Å². The summed E-state index contributed by atoms with van der Waals surface area (Å²) in [4.78, 5) is 64.2. The minimum absolute atomic E-state index is 0. The Morgan fingerprint density at radius 3 is 2.04 bits per heavy atom. The fourth-order valence-electron chi connectivity index (χ4n) is 2.58. The van der Waals surface area contributed by atoms with Crippen LogP contribution in [0.15, 0.2) is 12.3 Å². The van der Waals surface area contributed by atoms with Crippen molar-refractivity contribution in [3.8, 4) is 11.3 Å². The van der Waals surface area contributed by atoms with Crippen LogP contribution in [0.4, 0.5) is 0 Å². The minimum atomic E-state index is -1.74. The van der Waals surface area contributed by atoms with Crippen LogP contribution in [-0.4, -0.2) is 54.8 Å². The van der Waals surface area contributed by atoms with Crippen LogP contribution < -0.4 is 59.1 Å². The molecular formula is C14H8N2Na2O8. The van der Waals surface area contributed by atoms with E-state index in [1.54, 1.807) is 0 Å². The maximum atomic E-state index is 12.2. The largest absolute Gasteiger partial charge is 1.00 e. The van der Waals surface area contributed by atoms with Gasteiger partial charge in [0.05, 0.1) is 16.8 Å². The average molecular weight is 378 g/mol. The van der Waals surface area contributed by atoms with Gasteiger partial charge in [-0.2, -0.15) is 0 Å². The molecule has 1 aliphatic carbocycles. The number of aromatic amines is 1. The van der Waals surface area contributed by atoms with E-state index in [2.05, 4.69) is 9.97 Å². The number of carboxylic acid groups (broad SMARTS) is 3. The van der Waals surface area contributed by atoms with E-state index < -0.39 is 57.6 Å². The number of ketones is 2. The summed E-state index contributed by atoms with van der Waals surface area (Å²) in [6.45, 7) is 0. The molecule has 0 atom stereocenters. The summed E-state index contributed by atoms with van der Waals surface area (Å²) in [6, 6.07) is 1.05. The Balaban J connectivity index is 0. The Labute approximate surface area is 191 Å². The second-order valence-electron chi connectivity index (χ2n) is 4.78. The van der Waals surface area contributed by atoms with E-state index in [1.165, 1.54) is 0 Å². The summed E-state index contributed by atoms with van der Waals surface area (Å²) < 4.78 is 0. The van der Waals surface area contributed by atoms with Crippen LogP contribution in [0.5, 0.6) is 0 Å². The van der Waals surface area contributed by atoms with E-state index in [0.29, 0.717) is 0 Å². The molecular weight excluding hydrogens is 370 g/mol. The zero-order valence-corrected chi connectivity index (χ0v) is 17.5. The van der Waals surface area contributed by atoms with Gasteiger partial charge in [-0.25, -0.2) is 14.4 Å². The molecule has 0 unspecified atom stereocenters. The number of hydrogen-bond donors (Lipinski definition) is 4. The summed E-state index contributed by atoms with van der Waals surface area (Å²) >= 11 is 0. The van der Waals surface area contributed by atoms with Gasteiger partial charge >= 0.3 is 77.0 Å². The Kier molecular flexibility index (Phi) is 6.69. The Bertz CT molecular complexity index is 1010. The zero-order chi connectivity index (χ0) is 17.8. The van der Waals surface area contributed by atoms with E-state index in [1.807, 2.05) is 0 Å². The molecule has 2 aromatic rings. The number of nitrogens with one attached hydrogen (secondary N) is 1. The van der Waals surface area contributed by atoms with Gasteiger partial charge in [0, 0.05) is 11.8 Å².